The number of benzene rings is 1. The van der Waals surface area contributed by atoms with Gasteiger partial charge in [0.2, 0.25) is 0 Å². The number of thiocarbonyl (C=S) groups is 1. The molecule has 0 heterocycles. The van der Waals surface area contributed by atoms with E-state index in [1.807, 2.05) is 0 Å². The first-order chi connectivity index (χ1) is 9.60. The van der Waals surface area contributed by atoms with Crippen molar-refractivity contribution < 1.29 is 13.9 Å². The van der Waals surface area contributed by atoms with E-state index < -0.39 is 0 Å². The highest BCUT2D eigenvalue weighted by molar-refractivity contribution is 7.80. The van der Waals surface area contributed by atoms with Gasteiger partial charge in [-0.25, -0.2) is 4.39 Å². The van der Waals surface area contributed by atoms with Gasteiger partial charge in [0, 0.05) is 12.7 Å². The van der Waals surface area contributed by atoms with E-state index in [2.05, 4.69) is 0 Å². The zero-order valence-electron chi connectivity index (χ0n) is 11.6. The van der Waals surface area contributed by atoms with Gasteiger partial charge in [0.25, 0.3) is 0 Å². The van der Waals surface area contributed by atoms with Crippen molar-refractivity contribution in [2.45, 2.75) is 44.5 Å². The molecule has 2 rings (SSSR count). The van der Waals surface area contributed by atoms with Gasteiger partial charge >= 0.3 is 0 Å². The molecule has 0 aliphatic heterocycles. The van der Waals surface area contributed by atoms with Gasteiger partial charge in [-0.3, -0.25) is 0 Å². The molecule has 0 spiro atoms. The molecule has 1 aliphatic carbocycles. The number of ether oxygens (including phenoxy) is 2. The monoisotopic (exact) mass is 297 g/mol. The van der Waals surface area contributed by atoms with E-state index in [9.17, 15) is 4.39 Å². The lowest BCUT2D eigenvalue weighted by Crippen LogP contribution is -2.27. The van der Waals surface area contributed by atoms with Crippen molar-refractivity contribution in [2.75, 3.05) is 7.11 Å². The van der Waals surface area contributed by atoms with E-state index in [-0.39, 0.29) is 23.0 Å². The van der Waals surface area contributed by atoms with Crippen molar-refractivity contribution in [2.24, 2.45) is 5.73 Å². The Balaban J connectivity index is 1.98. The number of halogens is 1. The van der Waals surface area contributed by atoms with Crippen LogP contribution in [0.15, 0.2) is 18.2 Å². The number of hydrogen-bond acceptors (Lipinski definition) is 3. The second kappa shape index (κ2) is 7.11. The third-order valence-electron chi connectivity index (χ3n) is 3.72. The largest absolute Gasteiger partial charge is 0.389 e. The lowest BCUT2D eigenvalue weighted by molar-refractivity contribution is -0.0363. The third kappa shape index (κ3) is 3.98. The normalized spacial score (nSPS) is 22.7. The molecular formula is C15H20FNO2S. The molecule has 2 N–H and O–H groups in total. The van der Waals surface area contributed by atoms with Crippen LogP contribution in [0.1, 0.15) is 36.8 Å². The van der Waals surface area contributed by atoms with Crippen LogP contribution in [-0.2, 0) is 16.1 Å². The Hall–Kier alpha value is -1.04. The highest BCUT2D eigenvalue weighted by atomic mass is 32.1. The highest BCUT2D eigenvalue weighted by Crippen LogP contribution is 2.24. The van der Waals surface area contributed by atoms with Gasteiger partial charge in [-0.05, 0) is 43.4 Å². The molecule has 5 heteroatoms. The molecule has 3 nitrogen and oxygen atoms in total. The molecule has 0 radical (unpaired) electrons. The van der Waals surface area contributed by atoms with E-state index in [1.165, 1.54) is 12.1 Å². The van der Waals surface area contributed by atoms with Gasteiger partial charge in [0.15, 0.2) is 0 Å². The van der Waals surface area contributed by atoms with Crippen molar-refractivity contribution in [3.63, 3.8) is 0 Å². The molecular weight excluding hydrogens is 277 g/mol. The van der Waals surface area contributed by atoms with Crippen molar-refractivity contribution in [1.29, 1.82) is 0 Å². The maximum atomic E-state index is 13.2. The lowest BCUT2D eigenvalue weighted by Gasteiger charge is -2.28. The predicted molar refractivity (Wildman–Crippen MR) is 80.1 cm³/mol. The molecule has 20 heavy (non-hydrogen) atoms. The fraction of sp³-hybridized carbons (Fsp3) is 0.533. The second-order valence-electron chi connectivity index (χ2n) is 5.12. The molecule has 1 saturated carbocycles. The zero-order valence-corrected chi connectivity index (χ0v) is 12.4. The van der Waals surface area contributed by atoms with E-state index in [1.54, 1.807) is 13.2 Å². The summed E-state index contributed by atoms with van der Waals surface area (Å²) in [4.78, 5) is 0.196. The van der Waals surface area contributed by atoms with Crippen LogP contribution in [0.25, 0.3) is 0 Å². The topological polar surface area (TPSA) is 44.5 Å². The second-order valence-corrected chi connectivity index (χ2v) is 5.56. The minimum atomic E-state index is -0.339. The molecule has 2 atom stereocenters. The van der Waals surface area contributed by atoms with Crippen LogP contribution < -0.4 is 5.73 Å². The first-order valence-corrected chi connectivity index (χ1v) is 7.23. The number of hydrogen-bond donors (Lipinski definition) is 1. The van der Waals surface area contributed by atoms with Crippen molar-refractivity contribution >= 4 is 17.2 Å². The Kier molecular flexibility index (Phi) is 5.46. The number of nitrogens with two attached hydrogens (primary N) is 1. The lowest BCUT2D eigenvalue weighted by atomic mass is 9.95. The van der Waals surface area contributed by atoms with Crippen LogP contribution in [-0.4, -0.2) is 24.3 Å². The number of methoxy groups -OCH3 is 1. The average Bonchev–Trinajstić information content (AvgIpc) is 2.46. The summed E-state index contributed by atoms with van der Waals surface area (Å²) in [5, 5.41) is 0. The summed E-state index contributed by atoms with van der Waals surface area (Å²) in [6, 6.07) is 4.44. The smallest absolute Gasteiger partial charge is 0.123 e. The van der Waals surface area contributed by atoms with Gasteiger partial charge in [0.05, 0.1) is 18.8 Å². The third-order valence-corrected chi connectivity index (χ3v) is 3.94. The molecule has 0 amide bonds. The summed E-state index contributed by atoms with van der Waals surface area (Å²) >= 11 is 4.95. The molecule has 1 aromatic rings. The minimum Gasteiger partial charge on any atom is -0.389 e. The van der Waals surface area contributed by atoms with Crippen LogP contribution in [0, 0.1) is 5.82 Å². The maximum absolute atomic E-state index is 13.2. The van der Waals surface area contributed by atoms with Crippen LogP contribution in [0.3, 0.4) is 0 Å². The van der Waals surface area contributed by atoms with Crippen molar-refractivity contribution in [3.05, 3.63) is 35.1 Å². The summed E-state index contributed by atoms with van der Waals surface area (Å²) < 4.78 is 24.5. The first-order valence-electron chi connectivity index (χ1n) is 6.82. The molecule has 110 valence electrons. The van der Waals surface area contributed by atoms with E-state index in [0.29, 0.717) is 12.2 Å². The molecule has 1 fully saturated rings. The minimum absolute atomic E-state index is 0.179. The Bertz CT molecular complexity index is 481. The standard InChI is InChI=1S/C15H20FNO2S/c1-18-12-3-2-4-13(8-12)19-9-10-5-6-11(16)7-14(10)15(17)20/h5-7,12-13H,2-4,8-9H2,1H3,(H2,17,20). The SMILES string of the molecule is COC1CCCC(OCc2ccc(F)cc2C(N)=S)C1. The molecule has 0 aromatic heterocycles. The first kappa shape index (κ1) is 15.4. The van der Waals surface area contributed by atoms with E-state index in [4.69, 9.17) is 27.4 Å². The van der Waals surface area contributed by atoms with Gasteiger partial charge in [0.1, 0.15) is 10.8 Å². The van der Waals surface area contributed by atoms with Crippen LogP contribution in [0.2, 0.25) is 0 Å². The van der Waals surface area contributed by atoms with Crippen LogP contribution >= 0.6 is 12.2 Å². The Morgan fingerprint density at radius 3 is 2.85 bits per heavy atom. The Morgan fingerprint density at radius 2 is 2.15 bits per heavy atom. The molecule has 0 bridgehead atoms. The van der Waals surface area contributed by atoms with E-state index >= 15 is 0 Å². The zero-order chi connectivity index (χ0) is 14.5. The van der Waals surface area contributed by atoms with Crippen LogP contribution in [0.4, 0.5) is 4.39 Å². The van der Waals surface area contributed by atoms with Crippen molar-refractivity contribution in [3.8, 4) is 0 Å². The molecule has 1 aliphatic rings. The van der Waals surface area contributed by atoms with Gasteiger partial charge in [-0.2, -0.15) is 0 Å². The predicted octanol–water partition coefficient (Wildman–Crippen LogP) is 2.93. The maximum Gasteiger partial charge on any atom is 0.123 e. The summed E-state index contributed by atoms with van der Waals surface area (Å²) in [6.07, 6.45) is 4.58. The quantitative estimate of drug-likeness (QED) is 0.849. The number of rotatable bonds is 5. The summed E-state index contributed by atoms with van der Waals surface area (Å²) in [5.41, 5.74) is 7.01. The fourth-order valence-corrected chi connectivity index (χ4v) is 2.77. The molecule has 2 unspecified atom stereocenters. The average molecular weight is 297 g/mol. The fourth-order valence-electron chi connectivity index (χ4n) is 2.58. The highest BCUT2D eigenvalue weighted by Gasteiger charge is 2.22. The summed E-state index contributed by atoms with van der Waals surface area (Å²) in [7, 11) is 1.73. The van der Waals surface area contributed by atoms with Gasteiger partial charge in [-0.1, -0.05) is 18.3 Å². The molecule has 0 saturated heterocycles. The summed E-state index contributed by atoms with van der Waals surface area (Å²) in [6.45, 7) is 0.397. The molecule has 1 aromatic carbocycles. The Morgan fingerprint density at radius 1 is 1.40 bits per heavy atom. The summed E-state index contributed by atoms with van der Waals surface area (Å²) in [5.74, 6) is -0.339. The Labute approximate surface area is 124 Å². The van der Waals surface area contributed by atoms with Gasteiger partial charge in [-0.15, -0.1) is 0 Å². The van der Waals surface area contributed by atoms with Crippen molar-refractivity contribution in [1.82, 2.24) is 0 Å². The van der Waals surface area contributed by atoms with Gasteiger partial charge < -0.3 is 15.2 Å². The van der Waals surface area contributed by atoms with Crippen LogP contribution in [0.5, 0.6) is 0 Å². The van der Waals surface area contributed by atoms with E-state index in [0.717, 1.165) is 31.2 Å².